The van der Waals surface area contributed by atoms with Crippen LogP contribution in [-0.2, 0) is 6.54 Å². The zero-order valence-corrected chi connectivity index (χ0v) is 11.8. The van der Waals surface area contributed by atoms with E-state index in [2.05, 4.69) is 24.3 Å². The first-order valence-electron chi connectivity index (χ1n) is 6.90. The van der Waals surface area contributed by atoms with Crippen molar-refractivity contribution in [3.63, 3.8) is 0 Å². The monoisotopic (exact) mass is 268 g/mol. The number of aliphatic hydroxyl groups excluding tert-OH is 1. The van der Waals surface area contributed by atoms with Crippen molar-refractivity contribution in [2.24, 2.45) is 0 Å². The number of nitrogens with zero attached hydrogens (tertiary/aromatic N) is 3. The molecule has 0 aliphatic rings. The van der Waals surface area contributed by atoms with E-state index >= 15 is 0 Å². The van der Waals surface area contributed by atoms with E-state index in [1.807, 2.05) is 6.20 Å². The number of anilines is 1. The third-order valence-corrected chi connectivity index (χ3v) is 2.78. The number of carbonyl (C=O) groups excluding carboxylic acids is 1. The lowest BCUT2D eigenvalue weighted by atomic mass is 10.3. The van der Waals surface area contributed by atoms with Crippen molar-refractivity contribution in [1.82, 2.24) is 14.7 Å². The van der Waals surface area contributed by atoms with Crippen LogP contribution in [0, 0.1) is 0 Å². The van der Waals surface area contributed by atoms with Crippen molar-refractivity contribution in [3.05, 3.63) is 12.4 Å². The van der Waals surface area contributed by atoms with Gasteiger partial charge in [0.25, 0.3) is 0 Å². The lowest BCUT2D eigenvalue weighted by Crippen LogP contribution is -2.37. The van der Waals surface area contributed by atoms with E-state index < -0.39 is 0 Å². The molecule has 2 amide bonds. The Morgan fingerprint density at radius 1 is 1.42 bits per heavy atom. The van der Waals surface area contributed by atoms with Crippen LogP contribution in [0.2, 0.25) is 0 Å². The van der Waals surface area contributed by atoms with E-state index in [4.69, 9.17) is 5.11 Å². The summed E-state index contributed by atoms with van der Waals surface area (Å²) in [6.45, 7) is 5.98. The number of hydrogen-bond acceptors (Lipinski definition) is 3. The zero-order chi connectivity index (χ0) is 14.1. The van der Waals surface area contributed by atoms with Crippen LogP contribution in [0.15, 0.2) is 12.4 Å². The fraction of sp³-hybridized carbons (Fsp3) is 0.692. The molecule has 1 heterocycles. The van der Waals surface area contributed by atoms with Gasteiger partial charge in [-0.1, -0.05) is 20.3 Å². The second-order valence-electron chi connectivity index (χ2n) is 4.49. The largest absolute Gasteiger partial charge is 0.395 e. The van der Waals surface area contributed by atoms with E-state index in [1.54, 1.807) is 15.8 Å². The molecule has 1 rings (SSSR count). The third-order valence-electron chi connectivity index (χ3n) is 2.78. The van der Waals surface area contributed by atoms with Crippen LogP contribution in [0.3, 0.4) is 0 Å². The molecule has 0 saturated heterocycles. The lowest BCUT2D eigenvalue weighted by Gasteiger charge is -2.21. The number of urea groups is 1. The summed E-state index contributed by atoms with van der Waals surface area (Å²) in [5, 5.41) is 16.0. The Morgan fingerprint density at radius 2 is 2.21 bits per heavy atom. The van der Waals surface area contributed by atoms with Gasteiger partial charge in [0.15, 0.2) is 0 Å². The predicted molar refractivity (Wildman–Crippen MR) is 75.1 cm³/mol. The summed E-state index contributed by atoms with van der Waals surface area (Å²) >= 11 is 0. The number of aromatic nitrogens is 2. The van der Waals surface area contributed by atoms with Gasteiger partial charge in [-0.15, -0.1) is 0 Å². The molecule has 0 atom stereocenters. The Hall–Kier alpha value is -1.56. The van der Waals surface area contributed by atoms with E-state index in [0.29, 0.717) is 18.8 Å². The highest BCUT2D eigenvalue weighted by molar-refractivity contribution is 5.88. The molecule has 1 aromatic rings. The number of nitrogens with one attached hydrogen (secondary N) is 1. The predicted octanol–water partition coefficient (Wildman–Crippen LogP) is 1.92. The van der Waals surface area contributed by atoms with Gasteiger partial charge in [0.05, 0.1) is 18.5 Å². The van der Waals surface area contributed by atoms with Gasteiger partial charge in [0.2, 0.25) is 0 Å². The van der Waals surface area contributed by atoms with Crippen molar-refractivity contribution in [3.8, 4) is 0 Å². The average Bonchev–Trinajstić information content (AvgIpc) is 2.82. The van der Waals surface area contributed by atoms with Crippen LogP contribution in [0.1, 0.15) is 33.1 Å². The van der Waals surface area contributed by atoms with Gasteiger partial charge in [-0.05, 0) is 12.8 Å². The summed E-state index contributed by atoms with van der Waals surface area (Å²) in [6.07, 6.45) is 6.41. The van der Waals surface area contributed by atoms with Gasteiger partial charge in [-0.25, -0.2) is 4.79 Å². The summed E-state index contributed by atoms with van der Waals surface area (Å²) in [4.78, 5) is 13.7. The Balaban J connectivity index is 2.53. The molecule has 0 aromatic carbocycles. The maximum absolute atomic E-state index is 12.0. The minimum absolute atomic E-state index is 0.0216. The standard InChI is InChI=1S/C13H24N4O2/c1-3-5-7-16(8-9-18)13(19)15-12-10-14-17(11-12)6-4-2/h10-11,18H,3-9H2,1-2H3,(H,15,19). The molecule has 0 radical (unpaired) electrons. The molecular formula is C13H24N4O2. The highest BCUT2D eigenvalue weighted by Crippen LogP contribution is 2.07. The van der Waals surface area contributed by atoms with Crippen LogP contribution in [-0.4, -0.2) is 45.5 Å². The molecule has 0 fully saturated rings. The van der Waals surface area contributed by atoms with Crippen molar-refractivity contribution >= 4 is 11.7 Å². The van der Waals surface area contributed by atoms with Crippen molar-refractivity contribution in [2.45, 2.75) is 39.7 Å². The molecule has 0 bridgehead atoms. The number of aliphatic hydroxyl groups is 1. The topological polar surface area (TPSA) is 70.4 Å². The molecule has 0 spiro atoms. The lowest BCUT2D eigenvalue weighted by molar-refractivity contribution is 0.187. The summed E-state index contributed by atoms with van der Waals surface area (Å²) in [5.74, 6) is 0. The number of unbranched alkanes of at least 4 members (excludes halogenated alkanes) is 1. The zero-order valence-electron chi connectivity index (χ0n) is 11.8. The number of carbonyl (C=O) groups is 1. The molecule has 0 unspecified atom stereocenters. The first-order chi connectivity index (χ1) is 9.21. The summed E-state index contributed by atoms with van der Waals surface area (Å²) in [6, 6.07) is -0.182. The number of rotatable bonds is 8. The molecular weight excluding hydrogens is 244 g/mol. The highest BCUT2D eigenvalue weighted by Gasteiger charge is 2.13. The second kappa shape index (κ2) is 8.53. The van der Waals surface area contributed by atoms with Gasteiger partial charge in [0, 0.05) is 25.8 Å². The van der Waals surface area contributed by atoms with E-state index in [1.165, 1.54) is 0 Å². The molecule has 19 heavy (non-hydrogen) atoms. The minimum atomic E-state index is -0.182. The normalized spacial score (nSPS) is 10.5. The molecule has 0 aliphatic heterocycles. The second-order valence-corrected chi connectivity index (χ2v) is 4.49. The van der Waals surface area contributed by atoms with Crippen molar-refractivity contribution in [2.75, 3.05) is 25.0 Å². The molecule has 0 aliphatic carbocycles. The Labute approximate surface area is 114 Å². The summed E-state index contributed by atoms with van der Waals surface area (Å²) in [7, 11) is 0. The molecule has 2 N–H and O–H groups in total. The first-order valence-corrected chi connectivity index (χ1v) is 6.90. The van der Waals surface area contributed by atoms with E-state index in [-0.39, 0.29) is 12.6 Å². The van der Waals surface area contributed by atoms with Gasteiger partial charge in [0.1, 0.15) is 0 Å². The Kier molecular flexibility index (Phi) is 6.95. The smallest absolute Gasteiger partial charge is 0.322 e. The van der Waals surface area contributed by atoms with Crippen LogP contribution in [0.4, 0.5) is 10.5 Å². The van der Waals surface area contributed by atoms with Crippen LogP contribution in [0.25, 0.3) is 0 Å². The first kappa shape index (κ1) is 15.5. The van der Waals surface area contributed by atoms with Crippen molar-refractivity contribution in [1.29, 1.82) is 0 Å². The van der Waals surface area contributed by atoms with Crippen LogP contribution >= 0.6 is 0 Å². The fourth-order valence-electron chi connectivity index (χ4n) is 1.77. The van der Waals surface area contributed by atoms with Gasteiger partial charge in [-0.2, -0.15) is 5.10 Å². The Bertz CT molecular complexity index is 378. The van der Waals surface area contributed by atoms with E-state index in [0.717, 1.165) is 25.8 Å². The molecule has 108 valence electrons. The minimum Gasteiger partial charge on any atom is -0.395 e. The molecule has 6 heteroatoms. The van der Waals surface area contributed by atoms with Gasteiger partial charge in [-0.3, -0.25) is 4.68 Å². The third kappa shape index (κ3) is 5.30. The molecule has 1 aromatic heterocycles. The van der Waals surface area contributed by atoms with Gasteiger partial charge >= 0.3 is 6.03 Å². The SMILES string of the molecule is CCCCN(CCO)C(=O)Nc1cnn(CCC)c1. The number of amides is 2. The van der Waals surface area contributed by atoms with Crippen LogP contribution in [0.5, 0.6) is 0 Å². The number of aryl methyl sites for hydroxylation is 1. The Morgan fingerprint density at radius 3 is 2.84 bits per heavy atom. The fourth-order valence-corrected chi connectivity index (χ4v) is 1.77. The quantitative estimate of drug-likeness (QED) is 0.756. The molecule has 0 saturated carbocycles. The summed E-state index contributed by atoms with van der Waals surface area (Å²) in [5.41, 5.74) is 0.692. The van der Waals surface area contributed by atoms with Crippen molar-refractivity contribution < 1.29 is 9.90 Å². The molecule has 6 nitrogen and oxygen atoms in total. The van der Waals surface area contributed by atoms with Crippen LogP contribution < -0.4 is 5.32 Å². The maximum atomic E-state index is 12.0. The highest BCUT2D eigenvalue weighted by atomic mass is 16.3. The average molecular weight is 268 g/mol. The maximum Gasteiger partial charge on any atom is 0.322 e. The van der Waals surface area contributed by atoms with Gasteiger partial charge < -0.3 is 15.3 Å². The number of hydrogen-bond donors (Lipinski definition) is 2. The van der Waals surface area contributed by atoms with E-state index in [9.17, 15) is 4.79 Å². The summed E-state index contributed by atoms with van der Waals surface area (Å²) < 4.78 is 1.80.